The summed E-state index contributed by atoms with van der Waals surface area (Å²) >= 11 is 0. The summed E-state index contributed by atoms with van der Waals surface area (Å²) in [6, 6.07) is 0. The van der Waals surface area contributed by atoms with E-state index >= 15 is 0 Å². The predicted molar refractivity (Wildman–Crippen MR) is 161 cm³/mol. The zero-order chi connectivity index (χ0) is 27.1. The van der Waals surface area contributed by atoms with Crippen molar-refractivity contribution in [3.05, 3.63) is 0 Å². The van der Waals surface area contributed by atoms with E-state index in [1.54, 1.807) is 0 Å². The molecule has 0 amide bonds. The van der Waals surface area contributed by atoms with Gasteiger partial charge in [0, 0.05) is 12.8 Å². The molecule has 0 spiro atoms. The Morgan fingerprint density at radius 3 is 0.730 bits per heavy atom. The topological polar surface area (TPSA) is 43.4 Å². The monoisotopic (exact) mass is 523 g/mol. The molecule has 0 saturated carbocycles. The Bertz CT molecular complexity index is 474. The third kappa shape index (κ3) is 31.3. The van der Waals surface area contributed by atoms with Crippen molar-refractivity contribution in [2.24, 2.45) is 0 Å². The van der Waals surface area contributed by atoms with Crippen LogP contribution >= 0.6 is 0 Å². The van der Waals surface area contributed by atoms with Crippen LogP contribution in [0.1, 0.15) is 206 Å². The van der Waals surface area contributed by atoms with Crippen molar-refractivity contribution >= 4 is 11.9 Å². The molecule has 3 nitrogen and oxygen atoms in total. The normalized spacial score (nSPS) is 11.2. The number of ether oxygens (including phenoxy) is 1. The summed E-state index contributed by atoms with van der Waals surface area (Å²) in [6.07, 6.45) is 37.7. The van der Waals surface area contributed by atoms with Gasteiger partial charge in [-0.25, -0.2) is 0 Å². The highest BCUT2D eigenvalue weighted by Gasteiger charge is 2.09. The number of hydrogen-bond donors (Lipinski definition) is 0. The Kier molecular flexibility index (Phi) is 30.6. The lowest BCUT2D eigenvalue weighted by atomic mass is 10.0. The van der Waals surface area contributed by atoms with Crippen LogP contribution in [0.15, 0.2) is 0 Å². The molecule has 0 rings (SSSR count). The maximum absolute atomic E-state index is 11.8. The minimum absolute atomic E-state index is 0.331. The van der Waals surface area contributed by atoms with Gasteiger partial charge in [0.25, 0.3) is 0 Å². The maximum Gasteiger partial charge on any atom is 0.313 e. The predicted octanol–water partition coefficient (Wildman–Crippen LogP) is 11.8. The zero-order valence-corrected chi connectivity index (χ0v) is 25.4. The van der Waals surface area contributed by atoms with E-state index in [2.05, 4.69) is 13.8 Å². The summed E-state index contributed by atoms with van der Waals surface area (Å²) in [5.74, 6) is -0.669. The second-order valence-corrected chi connectivity index (χ2v) is 11.5. The number of rotatable bonds is 30. The van der Waals surface area contributed by atoms with Crippen molar-refractivity contribution in [3.63, 3.8) is 0 Å². The molecule has 0 aromatic carbocycles. The first-order chi connectivity index (χ1) is 18.2. The smallest absolute Gasteiger partial charge is 0.313 e. The number of esters is 2. The first-order valence-corrected chi connectivity index (χ1v) is 16.9. The van der Waals surface area contributed by atoms with E-state index in [4.69, 9.17) is 4.74 Å². The lowest BCUT2D eigenvalue weighted by Crippen LogP contribution is -2.11. The Balaban J connectivity index is 3.19. The molecule has 220 valence electrons. The van der Waals surface area contributed by atoms with E-state index in [9.17, 15) is 9.59 Å². The molecule has 0 unspecified atom stereocenters. The van der Waals surface area contributed by atoms with Crippen LogP contribution in [0, 0.1) is 0 Å². The van der Waals surface area contributed by atoms with Crippen molar-refractivity contribution in [2.75, 3.05) is 0 Å². The van der Waals surface area contributed by atoms with E-state index in [-0.39, 0.29) is 11.9 Å². The van der Waals surface area contributed by atoms with Gasteiger partial charge < -0.3 is 4.74 Å². The fraction of sp³-hybridized carbons (Fsp3) is 0.941. The van der Waals surface area contributed by atoms with Crippen LogP contribution in [0.3, 0.4) is 0 Å². The second kappa shape index (κ2) is 31.4. The molecule has 0 aliphatic heterocycles. The summed E-state index contributed by atoms with van der Waals surface area (Å²) in [5, 5.41) is 0. The molecule has 0 heterocycles. The fourth-order valence-electron chi connectivity index (χ4n) is 5.16. The molecule has 0 bridgehead atoms. The molecule has 37 heavy (non-hydrogen) atoms. The fourth-order valence-corrected chi connectivity index (χ4v) is 5.16. The van der Waals surface area contributed by atoms with Gasteiger partial charge in [-0.3, -0.25) is 9.59 Å². The number of carbonyl (C=O) groups excluding carboxylic acids is 2. The van der Waals surface area contributed by atoms with E-state index in [1.165, 1.54) is 148 Å². The van der Waals surface area contributed by atoms with Gasteiger partial charge in [0.15, 0.2) is 0 Å². The molecule has 0 aromatic rings. The highest BCUT2D eigenvalue weighted by atomic mass is 16.6. The van der Waals surface area contributed by atoms with Gasteiger partial charge in [-0.2, -0.15) is 0 Å². The van der Waals surface area contributed by atoms with Gasteiger partial charge in [-0.15, -0.1) is 0 Å². The Morgan fingerprint density at radius 2 is 0.514 bits per heavy atom. The van der Waals surface area contributed by atoms with Crippen LogP contribution in [0.5, 0.6) is 0 Å². The standard InChI is InChI=1S/C34H66O3/c1-3-5-7-9-10-11-12-13-14-15-16-17-18-19-20-21-22-23-24-25-26-28-30-32-34(36)37-33(35)31-29-27-8-6-4-2/h3-32H2,1-2H3. The molecular weight excluding hydrogens is 456 g/mol. The van der Waals surface area contributed by atoms with Gasteiger partial charge in [-0.05, 0) is 12.8 Å². The lowest BCUT2D eigenvalue weighted by molar-refractivity contribution is -0.159. The summed E-state index contributed by atoms with van der Waals surface area (Å²) in [5.41, 5.74) is 0. The second-order valence-electron chi connectivity index (χ2n) is 11.5. The highest BCUT2D eigenvalue weighted by Crippen LogP contribution is 2.16. The van der Waals surface area contributed by atoms with Crippen molar-refractivity contribution in [1.82, 2.24) is 0 Å². The molecule has 0 fully saturated rings. The molecule has 0 saturated heterocycles. The molecule has 0 aromatic heterocycles. The summed E-state index contributed by atoms with van der Waals surface area (Å²) in [4.78, 5) is 23.4. The zero-order valence-electron chi connectivity index (χ0n) is 25.4. The van der Waals surface area contributed by atoms with E-state index < -0.39 is 0 Å². The molecule has 0 atom stereocenters. The van der Waals surface area contributed by atoms with Crippen LogP contribution in [0.4, 0.5) is 0 Å². The van der Waals surface area contributed by atoms with Gasteiger partial charge >= 0.3 is 11.9 Å². The lowest BCUT2D eigenvalue weighted by Gasteiger charge is -2.05. The SMILES string of the molecule is CCCCCCCCCCCCCCCCCCCCCCCCCC(=O)OC(=O)CCCCCCC. The molecular formula is C34H66O3. The molecule has 0 radical (unpaired) electrons. The van der Waals surface area contributed by atoms with Crippen LogP contribution in [0.25, 0.3) is 0 Å². The van der Waals surface area contributed by atoms with Crippen molar-refractivity contribution in [1.29, 1.82) is 0 Å². The minimum Gasteiger partial charge on any atom is -0.393 e. The minimum atomic E-state index is -0.337. The Labute approximate surface area is 232 Å². The van der Waals surface area contributed by atoms with Crippen molar-refractivity contribution < 1.29 is 14.3 Å². The summed E-state index contributed by atoms with van der Waals surface area (Å²) < 4.78 is 4.93. The van der Waals surface area contributed by atoms with Crippen LogP contribution < -0.4 is 0 Å². The van der Waals surface area contributed by atoms with Crippen molar-refractivity contribution in [2.45, 2.75) is 206 Å². The van der Waals surface area contributed by atoms with Gasteiger partial charge in [0.2, 0.25) is 0 Å². The molecule has 0 N–H and O–H groups in total. The number of carbonyl (C=O) groups is 2. The van der Waals surface area contributed by atoms with Crippen LogP contribution in [-0.2, 0) is 14.3 Å². The molecule has 3 heteroatoms. The first-order valence-electron chi connectivity index (χ1n) is 16.9. The molecule has 0 aliphatic carbocycles. The van der Waals surface area contributed by atoms with E-state index in [0.717, 1.165) is 32.1 Å². The average molecular weight is 523 g/mol. The van der Waals surface area contributed by atoms with Crippen LogP contribution in [0.2, 0.25) is 0 Å². The van der Waals surface area contributed by atoms with Gasteiger partial charge in [-0.1, -0.05) is 181 Å². The summed E-state index contributed by atoms with van der Waals surface area (Å²) in [6.45, 7) is 4.47. The van der Waals surface area contributed by atoms with E-state index in [0.29, 0.717) is 12.8 Å². The number of hydrogen-bond acceptors (Lipinski definition) is 3. The largest absolute Gasteiger partial charge is 0.393 e. The summed E-state index contributed by atoms with van der Waals surface area (Å²) in [7, 11) is 0. The number of unbranched alkanes of at least 4 members (excludes halogenated alkanes) is 26. The molecule has 0 aliphatic rings. The maximum atomic E-state index is 11.8. The Morgan fingerprint density at radius 1 is 0.324 bits per heavy atom. The van der Waals surface area contributed by atoms with Crippen LogP contribution in [-0.4, -0.2) is 11.9 Å². The van der Waals surface area contributed by atoms with Gasteiger partial charge in [0.1, 0.15) is 0 Å². The quantitative estimate of drug-likeness (QED) is 0.0535. The van der Waals surface area contributed by atoms with Crippen molar-refractivity contribution in [3.8, 4) is 0 Å². The Hall–Kier alpha value is -0.860. The van der Waals surface area contributed by atoms with E-state index in [1.807, 2.05) is 0 Å². The average Bonchev–Trinajstić information content (AvgIpc) is 2.89. The third-order valence-corrected chi connectivity index (χ3v) is 7.70. The van der Waals surface area contributed by atoms with Gasteiger partial charge in [0.05, 0.1) is 0 Å². The highest BCUT2D eigenvalue weighted by molar-refractivity contribution is 5.85. The first kappa shape index (κ1) is 36.1. The third-order valence-electron chi connectivity index (χ3n) is 7.70.